The molecule has 0 bridgehead atoms. The Balaban J connectivity index is 2.55. The lowest BCUT2D eigenvalue weighted by molar-refractivity contribution is 0.570. The fourth-order valence-electron chi connectivity index (χ4n) is 1.33. The maximum atomic E-state index is 3.47. The molecule has 1 atom stereocenters. The van der Waals surface area contributed by atoms with Crippen molar-refractivity contribution in [3.63, 3.8) is 0 Å². The molecule has 0 saturated heterocycles. The molecule has 1 aromatic carbocycles. The normalized spacial score (nSPS) is 12.8. The van der Waals surface area contributed by atoms with Crippen LogP contribution in [0.1, 0.15) is 37.4 Å². The third-order valence-corrected chi connectivity index (χ3v) is 2.28. The number of hydrogen-bond donors (Lipinski definition) is 1. The number of aryl methyl sites for hydroxylation is 1. The molecule has 0 amide bonds. The molecule has 0 spiro atoms. The van der Waals surface area contributed by atoms with Gasteiger partial charge in [0.25, 0.3) is 0 Å². The predicted octanol–water partition coefficient (Wildman–Crippen LogP) is 3.06. The van der Waals surface area contributed by atoms with E-state index in [0.717, 1.165) is 6.54 Å². The summed E-state index contributed by atoms with van der Waals surface area (Å²) in [6.45, 7) is 7.61. The topological polar surface area (TPSA) is 12.0 Å². The van der Waals surface area contributed by atoms with Crippen molar-refractivity contribution < 1.29 is 0 Å². The first-order valence-electron chi connectivity index (χ1n) is 5.04. The van der Waals surface area contributed by atoms with E-state index in [1.807, 2.05) is 0 Å². The summed E-state index contributed by atoms with van der Waals surface area (Å²) in [7, 11) is 0. The zero-order valence-corrected chi connectivity index (χ0v) is 8.80. The second-order valence-corrected chi connectivity index (χ2v) is 3.59. The molecule has 1 heteroatoms. The van der Waals surface area contributed by atoms with Crippen LogP contribution in [0, 0.1) is 6.92 Å². The van der Waals surface area contributed by atoms with Crippen molar-refractivity contribution in [1.82, 2.24) is 5.32 Å². The Bertz CT molecular complexity index is 238. The summed E-state index contributed by atoms with van der Waals surface area (Å²) < 4.78 is 0. The largest absolute Gasteiger partial charge is 0.310 e. The minimum absolute atomic E-state index is 0.473. The SMILES string of the molecule is CCCNC(C)c1ccc(C)cc1. The van der Waals surface area contributed by atoms with Crippen molar-refractivity contribution in [2.24, 2.45) is 0 Å². The number of rotatable bonds is 4. The van der Waals surface area contributed by atoms with E-state index in [-0.39, 0.29) is 0 Å². The molecule has 0 saturated carbocycles. The van der Waals surface area contributed by atoms with Gasteiger partial charge in [-0.2, -0.15) is 0 Å². The van der Waals surface area contributed by atoms with Gasteiger partial charge in [0, 0.05) is 6.04 Å². The summed E-state index contributed by atoms with van der Waals surface area (Å²) in [5, 5.41) is 3.47. The van der Waals surface area contributed by atoms with Gasteiger partial charge in [0.1, 0.15) is 0 Å². The minimum atomic E-state index is 0.473. The Morgan fingerprint density at radius 1 is 1.23 bits per heavy atom. The Labute approximate surface area is 81.2 Å². The van der Waals surface area contributed by atoms with Gasteiger partial charge >= 0.3 is 0 Å². The first-order chi connectivity index (χ1) is 6.24. The first kappa shape index (κ1) is 10.3. The van der Waals surface area contributed by atoms with Crippen LogP contribution in [0.15, 0.2) is 24.3 Å². The van der Waals surface area contributed by atoms with Gasteiger partial charge < -0.3 is 5.32 Å². The van der Waals surface area contributed by atoms with Gasteiger partial charge in [0.2, 0.25) is 0 Å². The minimum Gasteiger partial charge on any atom is -0.310 e. The van der Waals surface area contributed by atoms with Crippen molar-refractivity contribution >= 4 is 0 Å². The Kier molecular flexibility index (Phi) is 3.97. The summed E-state index contributed by atoms with van der Waals surface area (Å²) in [6, 6.07) is 9.20. The zero-order chi connectivity index (χ0) is 9.68. The Hall–Kier alpha value is -0.820. The Morgan fingerprint density at radius 2 is 1.85 bits per heavy atom. The quantitative estimate of drug-likeness (QED) is 0.745. The molecule has 72 valence electrons. The number of nitrogens with one attached hydrogen (secondary N) is 1. The van der Waals surface area contributed by atoms with E-state index in [0.29, 0.717) is 6.04 Å². The van der Waals surface area contributed by atoms with Crippen molar-refractivity contribution in [3.8, 4) is 0 Å². The van der Waals surface area contributed by atoms with Crippen LogP contribution in [0.2, 0.25) is 0 Å². The highest BCUT2D eigenvalue weighted by molar-refractivity contribution is 5.23. The standard InChI is InChI=1S/C12H19N/c1-4-9-13-11(3)12-7-5-10(2)6-8-12/h5-8,11,13H,4,9H2,1-3H3. The van der Waals surface area contributed by atoms with Crippen LogP contribution in [0.3, 0.4) is 0 Å². The summed E-state index contributed by atoms with van der Waals surface area (Å²) in [5.74, 6) is 0. The summed E-state index contributed by atoms with van der Waals surface area (Å²) >= 11 is 0. The van der Waals surface area contributed by atoms with Crippen LogP contribution < -0.4 is 5.32 Å². The zero-order valence-electron chi connectivity index (χ0n) is 8.80. The van der Waals surface area contributed by atoms with Gasteiger partial charge in [0.15, 0.2) is 0 Å². The third kappa shape index (κ3) is 3.19. The second-order valence-electron chi connectivity index (χ2n) is 3.59. The van der Waals surface area contributed by atoms with Gasteiger partial charge in [-0.25, -0.2) is 0 Å². The average Bonchev–Trinajstić information content (AvgIpc) is 2.15. The van der Waals surface area contributed by atoms with Gasteiger partial charge in [-0.1, -0.05) is 36.8 Å². The van der Waals surface area contributed by atoms with Gasteiger partial charge in [-0.3, -0.25) is 0 Å². The summed E-state index contributed by atoms with van der Waals surface area (Å²) in [6.07, 6.45) is 1.19. The number of benzene rings is 1. The lowest BCUT2D eigenvalue weighted by Gasteiger charge is -2.13. The molecule has 1 nitrogen and oxygen atoms in total. The molecule has 1 rings (SSSR count). The van der Waals surface area contributed by atoms with E-state index in [9.17, 15) is 0 Å². The lowest BCUT2D eigenvalue weighted by Crippen LogP contribution is -2.19. The van der Waals surface area contributed by atoms with Crippen LogP contribution in [0.4, 0.5) is 0 Å². The van der Waals surface area contributed by atoms with Crippen molar-refractivity contribution in [3.05, 3.63) is 35.4 Å². The molecule has 1 aromatic rings. The summed E-state index contributed by atoms with van der Waals surface area (Å²) in [5.41, 5.74) is 2.70. The predicted molar refractivity (Wildman–Crippen MR) is 57.9 cm³/mol. The monoisotopic (exact) mass is 177 g/mol. The molecule has 1 unspecified atom stereocenters. The van der Waals surface area contributed by atoms with Crippen LogP contribution in [-0.4, -0.2) is 6.54 Å². The molecular formula is C12H19N. The van der Waals surface area contributed by atoms with E-state index in [2.05, 4.69) is 50.4 Å². The highest BCUT2D eigenvalue weighted by atomic mass is 14.9. The highest BCUT2D eigenvalue weighted by Crippen LogP contribution is 2.12. The molecule has 0 radical (unpaired) electrons. The second kappa shape index (κ2) is 5.03. The van der Waals surface area contributed by atoms with E-state index < -0.39 is 0 Å². The lowest BCUT2D eigenvalue weighted by atomic mass is 10.1. The molecule has 0 heterocycles. The molecular weight excluding hydrogens is 158 g/mol. The average molecular weight is 177 g/mol. The number of hydrogen-bond acceptors (Lipinski definition) is 1. The van der Waals surface area contributed by atoms with E-state index in [1.165, 1.54) is 17.5 Å². The van der Waals surface area contributed by atoms with Gasteiger partial charge in [-0.15, -0.1) is 0 Å². The molecule has 0 aliphatic rings. The maximum absolute atomic E-state index is 3.47. The fraction of sp³-hybridized carbons (Fsp3) is 0.500. The molecule has 0 aliphatic carbocycles. The fourth-order valence-corrected chi connectivity index (χ4v) is 1.33. The first-order valence-corrected chi connectivity index (χ1v) is 5.04. The molecule has 0 fully saturated rings. The maximum Gasteiger partial charge on any atom is 0.0291 e. The van der Waals surface area contributed by atoms with Crippen molar-refractivity contribution in [2.45, 2.75) is 33.2 Å². The van der Waals surface area contributed by atoms with Crippen LogP contribution in [0.5, 0.6) is 0 Å². The van der Waals surface area contributed by atoms with Crippen molar-refractivity contribution in [2.75, 3.05) is 6.54 Å². The molecule has 1 N–H and O–H groups in total. The van der Waals surface area contributed by atoms with E-state index >= 15 is 0 Å². The van der Waals surface area contributed by atoms with Crippen LogP contribution in [-0.2, 0) is 0 Å². The van der Waals surface area contributed by atoms with Crippen molar-refractivity contribution in [1.29, 1.82) is 0 Å². The Morgan fingerprint density at radius 3 is 2.38 bits per heavy atom. The van der Waals surface area contributed by atoms with Crippen LogP contribution in [0.25, 0.3) is 0 Å². The van der Waals surface area contributed by atoms with E-state index in [4.69, 9.17) is 0 Å². The molecule has 0 aliphatic heterocycles. The highest BCUT2D eigenvalue weighted by Gasteiger charge is 2.01. The van der Waals surface area contributed by atoms with Crippen LogP contribution >= 0.6 is 0 Å². The summed E-state index contributed by atoms with van der Waals surface area (Å²) in [4.78, 5) is 0. The van der Waals surface area contributed by atoms with E-state index in [1.54, 1.807) is 0 Å². The molecule has 13 heavy (non-hydrogen) atoms. The molecule has 0 aromatic heterocycles. The third-order valence-electron chi connectivity index (χ3n) is 2.28. The van der Waals surface area contributed by atoms with Gasteiger partial charge in [-0.05, 0) is 32.4 Å². The van der Waals surface area contributed by atoms with Gasteiger partial charge in [0.05, 0.1) is 0 Å². The smallest absolute Gasteiger partial charge is 0.0291 e.